The van der Waals surface area contributed by atoms with Crippen molar-refractivity contribution in [1.82, 2.24) is 0 Å². The maximum atomic E-state index is 11.5. The molecule has 0 radical (unpaired) electrons. The van der Waals surface area contributed by atoms with Gasteiger partial charge in [0.05, 0.1) is 5.92 Å². The van der Waals surface area contributed by atoms with Gasteiger partial charge in [0.15, 0.2) is 0 Å². The first kappa shape index (κ1) is 15.8. The Morgan fingerprint density at radius 3 is 2.26 bits per heavy atom. The van der Waals surface area contributed by atoms with Gasteiger partial charge in [-0.25, -0.2) is 0 Å². The Bertz CT molecular complexity index is 675. The van der Waals surface area contributed by atoms with Gasteiger partial charge in [0.25, 0.3) is 0 Å². The SMILES string of the molecule is O=C(O)C1CCCCCCc2cccc(c2)-c2cccc(c2)C1. The lowest BCUT2D eigenvalue weighted by Gasteiger charge is -2.14. The van der Waals surface area contributed by atoms with Crippen molar-refractivity contribution in [2.45, 2.75) is 44.9 Å². The summed E-state index contributed by atoms with van der Waals surface area (Å²) < 4.78 is 0. The standard InChI is InChI=1S/C21H24O2/c22-21(23)20-10-4-2-1-3-7-16-8-5-11-18(13-16)19-12-6-9-17(14-19)15-20/h5-6,8-9,11-14,20H,1-4,7,10,15H2,(H,22,23). The number of aliphatic carboxylic acids is 1. The van der Waals surface area contributed by atoms with E-state index in [-0.39, 0.29) is 5.92 Å². The van der Waals surface area contributed by atoms with Crippen LogP contribution in [0.5, 0.6) is 0 Å². The van der Waals surface area contributed by atoms with Gasteiger partial charge in [-0.15, -0.1) is 0 Å². The second kappa shape index (κ2) is 7.45. The van der Waals surface area contributed by atoms with E-state index in [1.807, 2.05) is 6.07 Å². The molecule has 1 unspecified atom stereocenters. The lowest BCUT2D eigenvalue weighted by atomic mass is 9.91. The molecule has 0 spiro atoms. The Hall–Kier alpha value is -2.09. The highest BCUT2D eigenvalue weighted by molar-refractivity contribution is 5.71. The predicted molar refractivity (Wildman–Crippen MR) is 93.5 cm³/mol. The van der Waals surface area contributed by atoms with E-state index in [1.54, 1.807) is 0 Å². The van der Waals surface area contributed by atoms with Crippen LogP contribution in [0.2, 0.25) is 0 Å². The first-order valence-electron chi connectivity index (χ1n) is 8.63. The van der Waals surface area contributed by atoms with Gasteiger partial charge in [0, 0.05) is 0 Å². The first-order chi connectivity index (χ1) is 11.2. The van der Waals surface area contributed by atoms with Gasteiger partial charge >= 0.3 is 5.97 Å². The van der Waals surface area contributed by atoms with E-state index in [1.165, 1.54) is 29.5 Å². The molecule has 1 aliphatic rings. The molecule has 0 saturated carbocycles. The van der Waals surface area contributed by atoms with E-state index in [4.69, 9.17) is 0 Å². The van der Waals surface area contributed by atoms with E-state index in [2.05, 4.69) is 42.5 Å². The number of benzene rings is 2. The average Bonchev–Trinajstić information content (AvgIpc) is 2.56. The molecule has 3 rings (SSSR count). The fourth-order valence-electron chi connectivity index (χ4n) is 3.46. The average molecular weight is 308 g/mol. The third-order valence-electron chi connectivity index (χ3n) is 4.79. The molecule has 120 valence electrons. The number of hydrogen-bond donors (Lipinski definition) is 1. The second-order valence-electron chi connectivity index (χ2n) is 6.59. The molecule has 2 aromatic rings. The summed E-state index contributed by atoms with van der Waals surface area (Å²) in [5, 5.41) is 9.49. The summed E-state index contributed by atoms with van der Waals surface area (Å²) in [6.07, 6.45) is 7.02. The highest BCUT2D eigenvalue weighted by Crippen LogP contribution is 2.25. The molecule has 2 nitrogen and oxygen atoms in total. The molecule has 23 heavy (non-hydrogen) atoms. The summed E-state index contributed by atoms with van der Waals surface area (Å²) >= 11 is 0. The third kappa shape index (κ3) is 4.22. The molecule has 1 aliphatic carbocycles. The number of carboxylic acids is 1. The highest BCUT2D eigenvalue weighted by atomic mass is 16.4. The van der Waals surface area contributed by atoms with E-state index < -0.39 is 5.97 Å². The van der Waals surface area contributed by atoms with Gasteiger partial charge in [-0.1, -0.05) is 67.8 Å². The maximum Gasteiger partial charge on any atom is 0.306 e. The predicted octanol–water partition coefficient (Wildman–Crippen LogP) is 5.10. The van der Waals surface area contributed by atoms with Crippen LogP contribution in [0.25, 0.3) is 11.1 Å². The topological polar surface area (TPSA) is 37.3 Å². The maximum absolute atomic E-state index is 11.5. The monoisotopic (exact) mass is 308 g/mol. The van der Waals surface area contributed by atoms with Crippen LogP contribution in [0.3, 0.4) is 0 Å². The summed E-state index contributed by atoms with van der Waals surface area (Å²) in [4.78, 5) is 11.5. The van der Waals surface area contributed by atoms with Crippen LogP contribution in [0.15, 0.2) is 48.5 Å². The van der Waals surface area contributed by atoms with Crippen LogP contribution in [0.4, 0.5) is 0 Å². The number of fused-ring (bicyclic) bond motifs is 5. The number of carboxylic acid groups (broad SMARTS) is 1. The molecule has 0 saturated heterocycles. The highest BCUT2D eigenvalue weighted by Gasteiger charge is 2.18. The van der Waals surface area contributed by atoms with Gasteiger partial charge in [0.1, 0.15) is 0 Å². The van der Waals surface area contributed by atoms with E-state index in [0.717, 1.165) is 31.2 Å². The number of carbonyl (C=O) groups is 1. The molecule has 0 aromatic heterocycles. The normalized spacial score (nSPS) is 18.9. The van der Waals surface area contributed by atoms with Crippen molar-refractivity contribution in [2.24, 2.45) is 5.92 Å². The molecule has 2 heteroatoms. The summed E-state index contributed by atoms with van der Waals surface area (Å²) in [6, 6.07) is 17.1. The second-order valence-corrected chi connectivity index (χ2v) is 6.59. The Balaban J connectivity index is 1.94. The van der Waals surface area contributed by atoms with Crippen molar-refractivity contribution in [3.63, 3.8) is 0 Å². The van der Waals surface area contributed by atoms with Crippen LogP contribution in [-0.4, -0.2) is 11.1 Å². The van der Waals surface area contributed by atoms with Crippen molar-refractivity contribution in [2.75, 3.05) is 0 Å². The summed E-state index contributed by atoms with van der Waals surface area (Å²) in [6.45, 7) is 0. The van der Waals surface area contributed by atoms with Gasteiger partial charge < -0.3 is 5.11 Å². The number of rotatable bonds is 1. The van der Waals surface area contributed by atoms with Crippen molar-refractivity contribution < 1.29 is 9.90 Å². The smallest absolute Gasteiger partial charge is 0.306 e. The Kier molecular flexibility index (Phi) is 5.12. The lowest BCUT2D eigenvalue weighted by Crippen LogP contribution is -2.16. The minimum atomic E-state index is -0.663. The Labute approximate surface area is 138 Å². The zero-order valence-electron chi connectivity index (χ0n) is 13.5. The van der Waals surface area contributed by atoms with Gasteiger partial charge in [-0.2, -0.15) is 0 Å². The fraction of sp³-hybridized carbons (Fsp3) is 0.381. The van der Waals surface area contributed by atoms with Gasteiger partial charge in [-0.3, -0.25) is 4.79 Å². The number of hydrogen-bond acceptors (Lipinski definition) is 1. The van der Waals surface area contributed by atoms with Crippen LogP contribution in [0, 0.1) is 5.92 Å². The van der Waals surface area contributed by atoms with Crippen LogP contribution in [0.1, 0.15) is 43.2 Å². The van der Waals surface area contributed by atoms with Crippen molar-refractivity contribution in [3.8, 4) is 11.1 Å². The number of aryl methyl sites for hydroxylation is 1. The Morgan fingerprint density at radius 2 is 1.52 bits per heavy atom. The van der Waals surface area contributed by atoms with E-state index in [9.17, 15) is 9.90 Å². The fourth-order valence-corrected chi connectivity index (χ4v) is 3.46. The molecule has 0 amide bonds. The first-order valence-corrected chi connectivity index (χ1v) is 8.63. The summed E-state index contributed by atoms with van der Waals surface area (Å²) in [7, 11) is 0. The molecule has 1 N–H and O–H groups in total. The van der Waals surface area contributed by atoms with Crippen LogP contribution < -0.4 is 0 Å². The lowest BCUT2D eigenvalue weighted by molar-refractivity contribution is -0.142. The van der Waals surface area contributed by atoms with Crippen LogP contribution in [-0.2, 0) is 17.6 Å². The Morgan fingerprint density at radius 1 is 0.870 bits per heavy atom. The van der Waals surface area contributed by atoms with Crippen molar-refractivity contribution in [3.05, 3.63) is 59.7 Å². The van der Waals surface area contributed by atoms with E-state index >= 15 is 0 Å². The van der Waals surface area contributed by atoms with E-state index in [0.29, 0.717) is 6.42 Å². The molecular weight excluding hydrogens is 284 g/mol. The summed E-state index contributed by atoms with van der Waals surface area (Å²) in [5.74, 6) is -0.927. The van der Waals surface area contributed by atoms with Crippen molar-refractivity contribution in [1.29, 1.82) is 0 Å². The minimum Gasteiger partial charge on any atom is -0.481 e. The third-order valence-corrected chi connectivity index (χ3v) is 4.79. The molecule has 2 aromatic carbocycles. The molecule has 0 fully saturated rings. The molecule has 1 atom stereocenters. The van der Waals surface area contributed by atoms with Gasteiger partial charge in [0.2, 0.25) is 0 Å². The zero-order chi connectivity index (χ0) is 16.1. The van der Waals surface area contributed by atoms with Crippen molar-refractivity contribution >= 4 is 5.97 Å². The minimum absolute atomic E-state index is 0.264. The molecule has 0 aliphatic heterocycles. The molecule has 4 bridgehead atoms. The van der Waals surface area contributed by atoms with Crippen LogP contribution >= 0.6 is 0 Å². The quantitative estimate of drug-likeness (QED) is 0.795. The molecule has 0 heterocycles. The zero-order valence-corrected chi connectivity index (χ0v) is 13.5. The summed E-state index contributed by atoms with van der Waals surface area (Å²) in [5.41, 5.74) is 4.93. The largest absolute Gasteiger partial charge is 0.481 e. The molecular formula is C21H24O2. The van der Waals surface area contributed by atoms with Gasteiger partial charge in [-0.05, 0) is 47.9 Å².